The molecule has 0 aliphatic carbocycles. The van der Waals surface area contributed by atoms with Crippen LogP contribution in [0.5, 0.6) is 0 Å². The van der Waals surface area contributed by atoms with Gasteiger partial charge >= 0.3 is 5.69 Å². The molecule has 0 aromatic carbocycles. The number of aliphatic hydroxyl groups excluding tert-OH is 2. The molecule has 0 spiro atoms. The molecule has 0 fully saturated rings. The zero-order valence-electron chi connectivity index (χ0n) is 9.95. The van der Waals surface area contributed by atoms with E-state index in [4.69, 9.17) is 0 Å². The van der Waals surface area contributed by atoms with Crippen molar-refractivity contribution >= 4 is 22.0 Å². The molecule has 1 heterocycles. The lowest BCUT2D eigenvalue weighted by molar-refractivity contribution is -0.383. The van der Waals surface area contributed by atoms with Gasteiger partial charge in [0.25, 0.3) is 0 Å². The quantitative estimate of drug-likeness (QED) is 0.619. The van der Waals surface area contributed by atoms with Crippen LogP contribution in [0.4, 0.5) is 10.7 Å². The van der Waals surface area contributed by atoms with Crippen molar-refractivity contribution in [2.75, 3.05) is 18.5 Å². The molecule has 0 radical (unpaired) electrons. The lowest BCUT2D eigenvalue weighted by Crippen LogP contribution is -2.26. The van der Waals surface area contributed by atoms with Gasteiger partial charge in [-0.15, -0.1) is 11.3 Å². The smallest absolute Gasteiger partial charge is 0.304 e. The van der Waals surface area contributed by atoms with E-state index in [1.807, 2.05) is 0 Å². The normalized spacial score (nSPS) is 14.4. The van der Waals surface area contributed by atoms with Gasteiger partial charge in [-0.3, -0.25) is 10.1 Å². The van der Waals surface area contributed by atoms with E-state index in [0.717, 1.165) is 0 Å². The van der Waals surface area contributed by atoms with Crippen molar-refractivity contribution in [3.05, 3.63) is 21.1 Å². The Morgan fingerprint density at radius 2 is 2.12 bits per heavy atom. The number of aliphatic hydroxyl groups is 2. The van der Waals surface area contributed by atoms with Crippen LogP contribution >= 0.6 is 11.3 Å². The van der Waals surface area contributed by atoms with Gasteiger partial charge in [0.15, 0.2) is 5.00 Å². The third-order valence-electron chi connectivity index (χ3n) is 2.21. The van der Waals surface area contributed by atoms with Crippen LogP contribution < -0.4 is 4.90 Å². The summed E-state index contributed by atoms with van der Waals surface area (Å²) >= 11 is 1.17. The van der Waals surface area contributed by atoms with Gasteiger partial charge in [0.1, 0.15) is 0 Å². The molecular formula is C10H16N2O4S. The van der Waals surface area contributed by atoms with Gasteiger partial charge in [0.2, 0.25) is 0 Å². The SMILES string of the molecule is CC(O)CN(C)c1sc([C@H](C)O)cc1[N+](=O)[O-]. The van der Waals surface area contributed by atoms with Gasteiger partial charge < -0.3 is 15.1 Å². The summed E-state index contributed by atoms with van der Waals surface area (Å²) in [6.07, 6.45) is -1.30. The van der Waals surface area contributed by atoms with Crippen molar-refractivity contribution in [3.8, 4) is 0 Å². The highest BCUT2D eigenvalue weighted by molar-refractivity contribution is 7.16. The minimum atomic E-state index is -0.729. The fourth-order valence-electron chi connectivity index (χ4n) is 1.48. The maximum absolute atomic E-state index is 10.9. The molecule has 0 saturated heterocycles. The average Bonchev–Trinajstić information content (AvgIpc) is 2.60. The molecular weight excluding hydrogens is 244 g/mol. The maximum Gasteiger partial charge on any atom is 0.304 e. The van der Waals surface area contributed by atoms with Crippen molar-refractivity contribution in [2.24, 2.45) is 0 Å². The summed E-state index contributed by atoms with van der Waals surface area (Å²) < 4.78 is 0. The summed E-state index contributed by atoms with van der Waals surface area (Å²) in [6, 6.07) is 1.38. The van der Waals surface area contributed by atoms with Crippen LogP contribution in [-0.2, 0) is 0 Å². The second-order valence-electron chi connectivity index (χ2n) is 4.00. The van der Waals surface area contributed by atoms with Crippen LogP contribution in [-0.4, -0.2) is 34.8 Å². The topological polar surface area (TPSA) is 86.8 Å². The van der Waals surface area contributed by atoms with Crippen molar-refractivity contribution in [2.45, 2.75) is 26.1 Å². The minimum Gasteiger partial charge on any atom is -0.392 e. The van der Waals surface area contributed by atoms with Crippen LogP contribution in [0.25, 0.3) is 0 Å². The van der Waals surface area contributed by atoms with Gasteiger partial charge in [-0.2, -0.15) is 0 Å². The fraction of sp³-hybridized carbons (Fsp3) is 0.600. The van der Waals surface area contributed by atoms with Gasteiger partial charge in [-0.25, -0.2) is 0 Å². The molecule has 1 rings (SSSR count). The van der Waals surface area contributed by atoms with Gasteiger partial charge in [0, 0.05) is 24.5 Å². The number of hydrogen-bond acceptors (Lipinski definition) is 6. The molecule has 2 N–H and O–H groups in total. The van der Waals surface area contributed by atoms with Crippen LogP contribution in [0, 0.1) is 10.1 Å². The summed E-state index contributed by atoms with van der Waals surface area (Å²) in [5.41, 5.74) is -0.0333. The zero-order valence-corrected chi connectivity index (χ0v) is 10.8. The molecule has 0 bridgehead atoms. The average molecular weight is 260 g/mol. The first-order valence-corrected chi connectivity index (χ1v) is 6.00. The Kier molecular flexibility index (Phi) is 4.44. The van der Waals surface area contributed by atoms with E-state index in [-0.39, 0.29) is 5.69 Å². The summed E-state index contributed by atoms with van der Waals surface area (Å²) in [4.78, 5) is 12.6. The lowest BCUT2D eigenvalue weighted by Gasteiger charge is -2.18. The van der Waals surface area contributed by atoms with Crippen LogP contribution in [0.3, 0.4) is 0 Å². The summed E-state index contributed by atoms with van der Waals surface area (Å²) in [5.74, 6) is 0. The second kappa shape index (κ2) is 5.44. The number of thiophene rings is 1. The van der Waals surface area contributed by atoms with Gasteiger partial charge in [-0.1, -0.05) is 0 Å². The number of rotatable bonds is 5. The van der Waals surface area contributed by atoms with E-state index in [9.17, 15) is 20.3 Å². The first kappa shape index (κ1) is 13.9. The molecule has 6 nitrogen and oxygen atoms in total. The van der Waals surface area contributed by atoms with Crippen LogP contribution in [0.2, 0.25) is 0 Å². The largest absolute Gasteiger partial charge is 0.392 e. The van der Waals surface area contributed by atoms with E-state index in [2.05, 4.69) is 0 Å². The third-order valence-corrected chi connectivity index (χ3v) is 3.61. The van der Waals surface area contributed by atoms with E-state index >= 15 is 0 Å². The number of nitro groups is 1. The Balaban J connectivity index is 3.07. The van der Waals surface area contributed by atoms with Crippen molar-refractivity contribution in [1.29, 1.82) is 0 Å². The summed E-state index contributed by atoms with van der Waals surface area (Å²) in [5, 5.41) is 30.0. The molecule has 1 aromatic heterocycles. The maximum atomic E-state index is 10.9. The first-order valence-electron chi connectivity index (χ1n) is 5.18. The lowest BCUT2D eigenvalue weighted by atomic mass is 10.3. The third kappa shape index (κ3) is 3.39. The number of hydrogen-bond donors (Lipinski definition) is 2. The predicted octanol–water partition coefficient (Wildman–Crippen LogP) is 1.53. The molecule has 1 aromatic rings. The van der Waals surface area contributed by atoms with Crippen LogP contribution in [0.15, 0.2) is 6.07 Å². The first-order chi connectivity index (χ1) is 7.82. The summed E-state index contributed by atoms with van der Waals surface area (Å²) in [7, 11) is 1.68. The highest BCUT2D eigenvalue weighted by atomic mass is 32.1. The monoisotopic (exact) mass is 260 g/mol. The molecule has 1 unspecified atom stereocenters. The Hall–Kier alpha value is -1.18. The fourth-order valence-corrected chi connectivity index (χ4v) is 2.51. The Morgan fingerprint density at radius 1 is 1.53 bits per heavy atom. The van der Waals surface area contributed by atoms with E-state index in [1.165, 1.54) is 17.4 Å². The molecule has 0 saturated carbocycles. The number of anilines is 1. The molecule has 2 atom stereocenters. The minimum absolute atomic E-state index is 0.0333. The van der Waals surface area contributed by atoms with E-state index < -0.39 is 17.1 Å². The Bertz CT molecular complexity index is 403. The molecule has 7 heteroatoms. The number of nitrogens with zero attached hydrogens (tertiary/aromatic N) is 2. The zero-order chi connectivity index (χ0) is 13.2. The highest BCUT2D eigenvalue weighted by Crippen LogP contribution is 2.39. The van der Waals surface area contributed by atoms with Crippen LogP contribution in [0.1, 0.15) is 24.8 Å². The molecule has 0 aliphatic heterocycles. The van der Waals surface area contributed by atoms with Crippen molar-refractivity contribution < 1.29 is 15.1 Å². The van der Waals surface area contributed by atoms with Crippen molar-refractivity contribution in [3.63, 3.8) is 0 Å². The van der Waals surface area contributed by atoms with Crippen molar-refractivity contribution in [1.82, 2.24) is 0 Å². The standard InChI is InChI=1S/C10H16N2O4S/c1-6(13)5-11(3)10-8(12(15)16)4-9(17-10)7(2)14/h4,6-7,13-14H,5H2,1-3H3/t6?,7-/m0/s1. The Labute approximate surface area is 103 Å². The molecule has 96 valence electrons. The molecule has 0 aliphatic rings. The number of likely N-dealkylation sites (N-methyl/N-ethyl adjacent to an activating group) is 1. The molecule has 0 amide bonds. The van der Waals surface area contributed by atoms with E-state index in [0.29, 0.717) is 16.4 Å². The predicted molar refractivity (Wildman–Crippen MR) is 66.6 cm³/mol. The Morgan fingerprint density at radius 3 is 2.53 bits per heavy atom. The highest BCUT2D eigenvalue weighted by Gasteiger charge is 2.24. The molecule has 17 heavy (non-hydrogen) atoms. The summed E-state index contributed by atoms with van der Waals surface area (Å²) in [6.45, 7) is 3.49. The van der Waals surface area contributed by atoms with Gasteiger partial charge in [-0.05, 0) is 13.8 Å². The second-order valence-corrected chi connectivity index (χ2v) is 5.06. The van der Waals surface area contributed by atoms with E-state index in [1.54, 1.807) is 25.8 Å². The van der Waals surface area contributed by atoms with Gasteiger partial charge in [0.05, 0.1) is 17.1 Å².